The number of hydrogen-bond acceptors (Lipinski definition) is 3. The number of rotatable bonds is 1. The second kappa shape index (κ2) is 3.53. The van der Waals surface area contributed by atoms with Crippen molar-refractivity contribution in [2.24, 2.45) is 0 Å². The Balaban J connectivity index is 2.36. The number of para-hydroxylation sites is 1. The van der Waals surface area contributed by atoms with E-state index in [1.165, 1.54) is 0 Å². The van der Waals surface area contributed by atoms with E-state index in [0.717, 1.165) is 10.6 Å². The number of carbonyl (C=O) groups is 1. The maximum absolute atomic E-state index is 10.9. The topological polar surface area (TPSA) is 40.5 Å². The average Bonchev–Trinajstić information content (AvgIpc) is 2.18. The number of fused-ring (bicyclic) bond motifs is 1. The minimum atomic E-state index is -0.755. The van der Waals surface area contributed by atoms with Crippen LogP contribution in [0.4, 0.5) is 5.69 Å². The summed E-state index contributed by atoms with van der Waals surface area (Å²) in [5, 5.41) is 8.98. The van der Waals surface area contributed by atoms with Gasteiger partial charge in [0.25, 0.3) is 0 Å². The van der Waals surface area contributed by atoms with Crippen molar-refractivity contribution in [3.05, 3.63) is 24.3 Å². The van der Waals surface area contributed by atoms with Gasteiger partial charge in [0.1, 0.15) is 6.04 Å². The summed E-state index contributed by atoms with van der Waals surface area (Å²) in [5.74, 6) is -0.141. The van der Waals surface area contributed by atoms with Crippen LogP contribution >= 0.6 is 11.8 Å². The molecule has 74 valence electrons. The van der Waals surface area contributed by atoms with E-state index in [1.807, 2.05) is 36.2 Å². The first-order valence-electron chi connectivity index (χ1n) is 4.37. The van der Waals surface area contributed by atoms with Gasteiger partial charge >= 0.3 is 5.97 Å². The molecule has 2 rings (SSSR count). The molecule has 1 atom stereocenters. The summed E-state index contributed by atoms with van der Waals surface area (Å²) in [6.45, 7) is 0. The standard InChI is InChI=1S/C10H11NO2S/c1-11-7-4-2-3-5-9(7)14-6-8(11)10(12)13/h2-5,8H,6H2,1H3,(H,12,13). The van der Waals surface area contributed by atoms with Gasteiger partial charge in [-0.25, -0.2) is 4.79 Å². The molecule has 0 aliphatic carbocycles. The number of hydrogen-bond donors (Lipinski definition) is 1. The molecule has 14 heavy (non-hydrogen) atoms. The third-order valence-corrected chi connectivity index (χ3v) is 3.53. The van der Waals surface area contributed by atoms with E-state index >= 15 is 0 Å². The lowest BCUT2D eigenvalue weighted by Crippen LogP contribution is -2.42. The van der Waals surface area contributed by atoms with Crippen LogP contribution in [0.3, 0.4) is 0 Å². The van der Waals surface area contributed by atoms with Crippen molar-refractivity contribution in [3.63, 3.8) is 0 Å². The van der Waals surface area contributed by atoms with E-state index in [9.17, 15) is 4.79 Å². The van der Waals surface area contributed by atoms with Crippen LogP contribution in [0.5, 0.6) is 0 Å². The first kappa shape index (κ1) is 9.40. The zero-order valence-corrected chi connectivity index (χ0v) is 8.62. The van der Waals surface area contributed by atoms with Crippen molar-refractivity contribution in [3.8, 4) is 0 Å². The van der Waals surface area contributed by atoms with Gasteiger partial charge in [0.2, 0.25) is 0 Å². The molecule has 3 nitrogen and oxygen atoms in total. The van der Waals surface area contributed by atoms with Crippen molar-refractivity contribution >= 4 is 23.4 Å². The molecule has 1 aromatic rings. The molecule has 0 spiro atoms. The molecule has 4 heteroatoms. The minimum Gasteiger partial charge on any atom is -0.480 e. The lowest BCUT2D eigenvalue weighted by molar-refractivity contribution is -0.138. The van der Waals surface area contributed by atoms with Crippen molar-refractivity contribution < 1.29 is 9.90 Å². The molecule has 0 aromatic heterocycles. The summed E-state index contributed by atoms with van der Waals surface area (Å²) in [4.78, 5) is 13.9. The highest BCUT2D eigenvalue weighted by Crippen LogP contribution is 2.36. The molecule has 1 aromatic carbocycles. The van der Waals surface area contributed by atoms with E-state index in [0.29, 0.717) is 5.75 Å². The van der Waals surface area contributed by atoms with Crippen LogP contribution < -0.4 is 4.90 Å². The number of carboxylic acids is 1. The second-order valence-electron chi connectivity index (χ2n) is 3.24. The number of aliphatic carboxylic acids is 1. The number of carboxylic acid groups (broad SMARTS) is 1. The van der Waals surface area contributed by atoms with Gasteiger partial charge in [0.05, 0.1) is 5.69 Å². The van der Waals surface area contributed by atoms with E-state index in [-0.39, 0.29) is 0 Å². The van der Waals surface area contributed by atoms with Crippen molar-refractivity contribution in [2.75, 3.05) is 17.7 Å². The van der Waals surface area contributed by atoms with E-state index in [1.54, 1.807) is 11.8 Å². The Bertz CT molecular complexity index is 367. The lowest BCUT2D eigenvalue weighted by Gasteiger charge is -2.32. The molecule has 0 bridgehead atoms. The summed E-state index contributed by atoms with van der Waals surface area (Å²) in [6.07, 6.45) is 0. The second-order valence-corrected chi connectivity index (χ2v) is 4.31. The Morgan fingerprint density at radius 1 is 1.57 bits per heavy atom. The number of nitrogens with zero attached hydrogens (tertiary/aromatic N) is 1. The molecule has 1 unspecified atom stereocenters. The monoisotopic (exact) mass is 209 g/mol. The van der Waals surface area contributed by atoms with Gasteiger partial charge in [0, 0.05) is 17.7 Å². The summed E-state index contributed by atoms with van der Waals surface area (Å²) >= 11 is 1.61. The molecule has 0 saturated carbocycles. The molecular formula is C10H11NO2S. The summed E-state index contributed by atoms with van der Waals surface area (Å²) < 4.78 is 0. The van der Waals surface area contributed by atoms with Gasteiger partial charge in [-0.15, -0.1) is 11.8 Å². The van der Waals surface area contributed by atoms with Crippen molar-refractivity contribution in [1.82, 2.24) is 0 Å². The highest BCUT2D eigenvalue weighted by molar-refractivity contribution is 7.99. The molecule has 0 saturated heterocycles. The van der Waals surface area contributed by atoms with Gasteiger partial charge in [-0.05, 0) is 12.1 Å². The zero-order valence-electron chi connectivity index (χ0n) is 7.80. The van der Waals surface area contributed by atoms with Gasteiger partial charge < -0.3 is 10.0 Å². The molecule has 1 N–H and O–H groups in total. The molecule has 1 aliphatic rings. The van der Waals surface area contributed by atoms with Gasteiger partial charge in [-0.2, -0.15) is 0 Å². The highest BCUT2D eigenvalue weighted by Gasteiger charge is 2.28. The van der Waals surface area contributed by atoms with Gasteiger partial charge in [0.15, 0.2) is 0 Å². The molecule has 0 fully saturated rings. The molecule has 0 amide bonds. The predicted molar refractivity (Wildman–Crippen MR) is 57.0 cm³/mol. The van der Waals surface area contributed by atoms with Gasteiger partial charge in [-0.3, -0.25) is 0 Å². The number of benzene rings is 1. The zero-order chi connectivity index (χ0) is 10.1. The van der Waals surface area contributed by atoms with Crippen molar-refractivity contribution in [1.29, 1.82) is 0 Å². The summed E-state index contributed by atoms with van der Waals surface area (Å²) in [5.41, 5.74) is 1.01. The van der Waals surface area contributed by atoms with Crippen LogP contribution in [0.25, 0.3) is 0 Å². The fourth-order valence-electron chi connectivity index (χ4n) is 1.56. The predicted octanol–water partition coefficient (Wildman–Crippen LogP) is 1.68. The Hall–Kier alpha value is -1.16. The van der Waals surface area contributed by atoms with Crippen LogP contribution in [-0.4, -0.2) is 29.9 Å². The first-order valence-corrected chi connectivity index (χ1v) is 5.36. The fraction of sp³-hybridized carbons (Fsp3) is 0.300. The summed E-state index contributed by atoms with van der Waals surface area (Å²) in [7, 11) is 1.83. The third kappa shape index (κ3) is 1.46. The molecular weight excluding hydrogens is 198 g/mol. The van der Waals surface area contributed by atoms with Crippen LogP contribution in [-0.2, 0) is 4.79 Å². The first-order chi connectivity index (χ1) is 6.70. The van der Waals surface area contributed by atoms with E-state index in [4.69, 9.17) is 5.11 Å². The molecule has 0 radical (unpaired) electrons. The average molecular weight is 209 g/mol. The number of likely N-dealkylation sites (N-methyl/N-ethyl adjacent to an activating group) is 1. The maximum Gasteiger partial charge on any atom is 0.327 e. The smallest absolute Gasteiger partial charge is 0.327 e. The van der Waals surface area contributed by atoms with Gasteiger partial charge in [-0.1, -0.05) is 12.1 Å². The highest BCUT2D eigenvalue weighted by atomic mass is 32.2. The number of thioether (sulfide) groups is 1. The van der Waals surface area contributed by atoms with Crippen LogP contribution in [0.15, 0.2) is 29.2 Å². The molecule has 1 heterocycles. The van der Waals surface area contributed by atoms with Crippen LogP contribution in [0.2, 0.25) is 0 Å². The SMILES string of the molecule is CN1c2ccccc2SCC1C(=O)O. The Labute approximate surface area is 86.7 Å². The van der Waals surface area contributed by atoms with Crippen LogP contribution in [0, 0.1) is 0 Å². The third-order valence-electron chi connectivity index (χ3n) is 2.39. The lowest BCUT2D eigenvalue weighted by atomic mass is 10.2. The normalized spacial score (nSPS) is 20.4. The minimum absolute atomic E-state index is 0.408. The number of anilines is 1. The maximum atomic E-state index is 10.9. The summed E-state index contributed by atoms with van der Waals surface area (Å²) in [6, 6.07) is 7.47. The Morgan fingerprint density at radius 2 is 2.29 bits per heavy atom. The van der Waals surface area contributed by atoms with E-state index < -0.39 is 12.0 Å². The Morgan fingerprint density at radius 3 is 3.00 bits per heavy atom. The fourth-order valence-corrected chi connectivity index (χ4v) is 2.79. The van der Waals surface area contributed by atoms with E-state index in [2.05, 4.69) is 0 Å². The van der Waals surface area contributed by atoms with Crippen molar-refractivity contribution in [2.45, 2.75) is 10.9 Å². The Kier molecular flexibility index (Phi) is 2.37. The largest absolute Gasteiger partial charge is 0.480 e. The molecule has 1 aliphatic heterocycles. The quantitative estimate of drug-likeness (QED) is 0.764. The van der Waals surface area contributed by atoms with Crippen LogP contribution in [0.1, 0.15) is 0 Å².